The van der Waals surface area contributed by atoms with Crippen molar-refractivity contribution in [1.29, 1.82) is 0 Å². The Balaban J connectivity index is 2.05. The Morgan fingerprint density at radius 3 is 2.86 bits per heavy atom. The number of rotatable bonds is 3. The van der Waals surface area contributed by atoms with E-state index in [4.69, 9.17) is 9.98 Å². The van der Waals surface area contributed by atoms with Crippen LogP contribution in [0.1, 0.15) is 58.2 Å². The van der Waals surface area contributed by atoms with E-state index in [1.54, 1.807) is 11.3 Å². The molecule has 1 N–H and O–H groups in total. The summed E-state index contributed by atoms with van der Waals surface area (Å²) >= 11 is 1.74. The maximum absolute atomic E-state index is 4.81. The summed E-state index contributed by atoms with van der Waals surface area (Å²) in [6, 6.07) is 0. The molecule has 5 heteroatoms. The average molecular weight is 323 g/mol. The van der Waals surface area contributed by atoms with Crippen molar-refractivity contribution in [3.05, 3.63) is 16.1 Å². The van der Waals surface area contributed by atoms with Crippen molar-refractivity contribution >= 4 is 17.3 Å². The predicted molar refractivity (Wildman–Crippen MR) is 95.6 cm³/mol. The quantitative estimate of drug-likeness (QED) is 0.682. The highest BCUT2D eigenvalue weighted by molar-refractivity contribution is 7.09. The molecule has 1 aliphatic heterocycles. The van der Waals surface area contributed by atoms with Gasteiger partial charge in [-0.15, -0.1) is 11.3 Å². The Hall–Kier alpha value is -1.10. The predicted octanol–water partition coefficient (Wildman–Crippen LogP) is 3.64. The van der Waals surface area contributed by atoms with E-state index in [9.17, 15) is 0 Å². The van der Waals surface area contributed by atoms with Crippen LogP contribution in [0.15, 0.2) is 10.4 Å². The molecule has 124 valence electrons. The first-order chi connectivity index (χ1) is 10.4. The number of nitrogens with one attached hydrogen (secondary N) is 1. The first-order valence-electron chi connectivity index (χ1n) is 8.38. The normalized spacial score (nSPS) is 20.3. The maximum Gasteiger partial charge on any atom is 0.194 e. The van der Waals surface area contributed by atoms with Gasteiger partial charge in [-0.1, -0.05) is 27.7 Å². The molecule has 0 amide bonds. The van der Waals surface area contributed by atoms with Gasteiger partial charge in [0.15, 0.2) is 5.96 Å². The van der Waals surface area contributed by atoms with Crippen molar-refractivity contribution in [2.45, 2.75) is 59.4 Å². The van der Waals surface area contributed by atoms with E-state index >= 15 is 0 Å². The van der Waals surface area contributed by atoms with E-state index in [1.807, 2.05) is 0 Å². The molecule has 1 saturated heterocycles. The minimum atomic E-state index is 0.124. The van der Waals surface area contributed by atoms with Gasteiger partial charge in [0, 0.05) is 30.4 Å². The fraction of sp³-hybridized carbons (Fsp3) is 0.765. The molecule has 0 aliphatic carbocycles. The number of thiazole rings is 1. The Kier molecular flexibility index (Phi) is 5.84. The molecule has 1 aromatic rings. The van der Waals surface area contributed by atoms with Crippen molar-refractivity contribution in [3.63, 3.8) is 0 Å². The van der Waals surface area contributed by atoms with Gasteiger partial charge in [-0.2, -0.15) is 0 Å². The molecule has 4 nitrogen and oxygen atoms in total. The van der Waals surface area contributed by atoms with Gasteiger partial charge in [-0.05, 0) is 25.7 Å². The van der Waals surface area contributed by atoms with Gasteiger partial charge in [-0.25, -0.2) is 9.98 Å². The smallest absolute Gasteiger partial charge is 0.194 e. The number of hydrogen-bond donors (Lipinski definition) is 1. The summed E-state index contributed by atoms with van der Waals surface area (Å²) in [6.07, 6.45) is 2.59. The number of aliphatic imine (C=N–C) groups is 1. The Bertz CT molecular complexity index is 501. The Morgan fingerprint density at radius 1 is 1.50 bits per heavy atom. The van der Waals surface area contributed by atoms with Gasteiger partial charge in [0.2, 0.25) is 0 Å². The van der Waals surface area contributed by atoms with Gasteiger partial charge >= 0.3 is 0 Å². The third-order valence-corrected chi connectivity index (χ3v) is 5.19. The summed E-state index contributed by atoms with van der Waals surface area (Å²) in [5, 5.41) is 6.77. The van der Waals surface area contributed by atoms with Gasteiger partial charge < -0.3 is 10.2 Å². The van der Waals surface area contributed by atoms with Gasteiger partial charge in [0.1, 0.15) is 0 Å². The van der Waals surface area contributed by atoms with Gasteiger partial charge in [0.25, 0.3) is 0 Å². The SMILES string of the molecule is CCNC(=NCc1csc(C(C)(C)C)n1)N1CCCC(C)C1. The molecule has 0 bridgehead atoms. The highest BCUT2D eigenvalue weighted by Gasteiger charge is 2.20. The van der Waals surface area contributed by atoms with E-state index in [1.165, 1.54) is 17.8 Å². The highest BCUT2D eigenvalue weighted by atomic mass is 32.1. The van der Waals surface area contributed by atoms with Crippen molar-refractivity contribution < 1.29 is 0 Å². The number of hydrogen-bond acceptors (Lipinski definition) is 3. The van der Waals surface area contributed by atoms with Crippen LogP contribution >= 0.6 is 11.3 Å². The first kappa shape index (κ1) is 17.3. The lowest BCUT2D eigenvalue weighted by Gasteiger charge is -2.33. The molecule has 2 rings (SSSR count). The molecule has 2 heterocycles. The van der Waals surface area contributed by atoms with Crippen molar-refractivity contribution in [3.8, 4) is 0 Å². The molecule has 1 fully saturated rings. The molecule has 0 saturated carbocycles. The number of piperidine rings is 1. The second kappa shape index (κ2) is 7.44. The van der Waals surface area contributed by atoms with Crippen LogP contribution in [0.25, 0.3) is 0 Å². The fourth-order valence-electron chi connectivity index (χ4n) is 2.69. The van der Waals surface area contributed by atoms with Crippen LogP contribution in [-0.4, -0.2) is 35.5 Å². The number of guanidine groups is 1. The summed E-state index contributed by atoms with van der Waals surface area (Å²) in [6.45, 7) is 14.9. The van der Waals surface area contributed by atoms with Crippen LogP contribution in [0.5, 0.6) is 0 Å². The van der Waals surface area contributed by atoms with Crippen LogP contribution in [0.3, 0.4) is 0 Å². The molecule has 22 heavy (non-hydrogen) atoms. The van der Waals surface area contributed by atoms with E-state index in [0.29, 0.717) is 6.54 Å². The lowest BCUT2D eigenvalue weighted by atomic mass is 9.98. The van der Waals surface area contributed by atoms with Gasteiger partial charge in [-0.3, -0.25) is 0 Å². The number of likely N-dealkylation sites (tertiary alicyclic amines) is 1. The zero-order valence-corrected chi connectivity index (χ0v) is 15.5. The maximum atomic E-state index is 4.81. The lowest BCUT2D eigenvalue weighted by Crippen LogP contribution is -2.46. The van der Waals surface area contributed by atoms with Crippen LogP contribution in [0.2, 0.25) is 0 Å². The molecule has 0 spiro atoms. The lowest BCUT2D eigenvalue weighted by molar-refractivity contribution is 0.266. The zero-order valence-electron chi connectivity index (χ0n) is 14.6. The van der Waals surface area contributed by atoms with Crippen LogP contribution in [0.4, 0.5) is 0 Å². The van der Waals surface area contributed by atoms with Crippen LogP contribution < -0.4 is 5.32 Å². The monoisotopic (exact) mass is 322 g/mol. The third kappa shape index (κ3) is 4.70. The van der Waals surface area contributed by atoms with Crippen LogP contribution in [-0.2, 0) is 12.0 Å². The van der Waals surface area contributed by atoms with E-state index in [-0.39, 0.29) is 5.41 Å². The summed E-state index contributed by atoms with van der Waals surface area (Å²) in [7, 11) is 0. The minimum absolute atomic E-state index is 0.124. The molecule has 0 aromatic carbocycles. The highest BCUT2D eigenvalue weighted by Crippen LogP contribution is 2.25. The summed E-state index contributed by atoms with van der Waals surface area (Å²) in [4.78, 5) is 11.9. The van der Waals surface area contributed by atoms with E-state index < -0.39 is 0 Å². The topological polar surface area (TPSA) is 40.5 Å². The summed E-state index contributed by atoms with van der Waals surface area (Å²) in [5.41, 5.74) is 1.20. The first-order valence-corrected chi connectivity index (χ1v) is 9.26. The second-order valence-corrected chi connectivity index (χ2v) is 8.12. The van der Waals surface area contributed by atoms with E-state index in [2.05, 4.69) is 50.2 Å². The molecular weight excluding hydrogens is 292 g/mol. The van der Waals surface area contributed by atoms with Crippen LogP contribution in [0, 0.1) is 5.92 Å². The van der Waals surface area contributed by atoms with Gasteiger partial charge in [0.05, 0.1) is 17.2 Å². The molecule has 1 atom stereocenters. The largest absolute Gasteiger partial charge is 0.357 e. The molecule has 1 aromatic heterocycles. The molecule has 0 radical (unpaired) electrons. The minimum Gasteiger partial charge on any atom is -0.357 e. The standard InChI is InChI=1S/C17H30N4S/c1-6-18-16(21-9-7-8-13(2)11-21)19-10-14-12-22-15(20-14)17(3,4)5/h12-13H,6-11H2,1-5H3,(H,18,19). The Morgan fingerprint density at radius 2 is 2.27 bits per heavy atom. The van der Waals surface area contributed by atoms with Crippen molar-refractivity contribution in [1.82, 2.24) is 15.2 Å². The second-order valence-electron chi connectivity index (χ2n) is 7.26. The number of aromatic nitrogens is 1. The number of nitrogens with zero attached hydrogens (tertiary/aromatic N) is 3. The molecule has 1 aliphatic rings. The van der Waals surface area contributed by atoms with Crippen molar-refractivity contribution in [2.75, 3.05) is 19.6 Å². The average Bonchev–Trinajstić information content (AvgIpc) is 2.92. The van der Waals surface area contributed by atoms with E-state index in [0.717, 1.165) is 37.2 Å². The zero-order chi connectivity index (χ0) is 16.2. The van der Waals surface area contributed by atoms with Crippen molar-refractivity contribution in [2.24, 2.45) is 10.9 Å². The molecule has 1 unspecified atom stereocenters. The fourth-order valence-corrected chi connectivity index (χ4v) is 3.59. The third-order valence-electron chi connectivity index (χ3n) is 3.88. The summed E-state index contributed by atoms with van der Waals surface area (Å²) in [5.74, 6) is 1.80. The summed E-state index contributed by atoms with van der Waals surface area (Å²) < 4.78 is 0. The Labute approximate surface area is 139 Å². The molecular formula is C17H30N4S.